The first-order valence-electron chi connectivity index (χ1n) is 7.43. The molecule has 0 spiro atoms. The van der Waals surface area contributed by atoms with Crippen LogP contribution in [0, 0.1) is 0 Å². The Balaban J connectivity index is 2.84. The fourth-order valence-corrected chi connectivity index (χ4v) is 1.83. The van der Waals surface area contributed by atoms with Gasteiger partial charge in [-0.2, -0.15) is 0 Å². The first-order valence-corrected chi connectivity index (χ1v) is 7.43. The van der Waals surface area contributed by atoms with E-state index in [0.717, 1.165) is 0 Å². The van der Waals surface area contributed by atoms with Crippen LogP contribution in [0.1, 0.15) is 23.2 Å². The summed E-state index contributed by atoms with van der Waals surface area (Å²) in [6.45, 7) is 3.32. The molecule has 1 aromatic rings. The topological polar surface area (TPSA) is 95.9 Å². The van der Waals surface area contributed by atoms with E-state index >= 15 is 0 Å². The second-order valence-corrected chi connectivity index (χ2v) is 5.30. The normalized spacial score (nSPS) is 11.2. The van der Waals surface area contributed by atoms with E-state index in [4.69, 9.17) is 4.74 Å². The molecule has 0 saturated heterocycles. The number of carbonyl (C=O) groups excluding carboxylic acids is 2. The van der Waals surface area contributed by atoms with Gasteiger partial charge in [-0.25, -0.2) is 4.79 Å². The van der Waals surface area contributed by atoms with Crippen LogP contribution >= 0.6 is 0 Å². The van der Waals surface area contributed by atoms with E-state index in [-0.39, 0.29) is 30.2 Å². The molecule has 7 nitrogen and oxygen atoms in total. The van der Waals surface area contributed by atoms with Crippen LogP contribution in [-0.2, 0) is 9.59 Å². The maximum absolute atomic E-state index is 12.3. The van der Waals surface area contributed by atoms with Crippen molar-refractivity contribution in [2.24, 2.45) is 0 Å². The summed E-state index contributed by atoms with van der Waals surface area (Å²) in [7, 11) is 3.20. The Morgan fingerprint density at radius 1 is 1.33 bits per heavy atom. The van der Waals surface area contributed by atoms with E-state index in [2.05, 4.69) is 11.9 Å². The molecule has 1 unspecified atom stereocenters. The van der Waals surface area contributed by atoms with E-state index in [1.54, 1.807) is 38.4 Å². The molecule has 0 bridgehead atoms. The van der Waals surface area contributed by atoms with Crippen molar-refractivity contribution in [2.75, 3.05) is 20.7 Å². The van der Waals surface area contributed by atoms with Gasteiger partial charge in [-0.15, -0.1) is 6.58 Å². The van der Waals surface area contributed by atoms with Gasteiger partial charge in [0, 0.05) is 14.1 Å². The van der Waals surface area contributed by atoms with Crippen LogP contribution in [0.3, 0.4) is 0 Å². The quantitative estimate of drug-likeness (QED) is 0.664. The van der Waals surface area contributed by atoms with E-state index < -0.39 is 17.9 Å². The van der Waals surface area contributed by atoms with Crippen LogP contribution in [0.4, 0.5) is 0 Å². The van der Waals surface area contributed by atoms with Crippen LogP contribution in [0.2, 0.25) is 0 Å². The zero-order chi connectivity index (χ0) is 18.1. The Labute approximate surface area is 140 Å². The number of hydrogen-bond acceptors (Lipinski definition) is 4. The number of nitrogens with one attached hydrogen (secondary N) is 1. The fourth-order valence-electron chi connectivity index (χ4n) is 1.83. The standard InChI is InChI=1S/C17H22N2O5/c1-4-5-9-13(17(22)23)18-16(21)12-8-6-7-10-14(12)24-11-15(20)19(2)3/h4,6-8,10,13H,1,5,9,11H2,2-3H3,(H,18,21)(H,22,23). The minimum absolute atomic E-state index is 0.175. The molecule has 1 aromatic carbocycles. The summed E-state index contributed by atoms with van der Waals surface area (Å²) in [5, 5.41) is 11.6. The van der Waals surface area contributed by atoms with Gasteiger partial charge in [-0.1, -0.05) is 18.2 Å². The molecule has 2 N–H and O–H groups in total. The summed E-state index contributed by atoms with van der Waals surface area (Å²) in [6.07, 6.45) is 2.30. The van der Waals surface area contributed by atoms with Gasteiger partial charge in [0.25, 0.3) is 11.8 Å². The number of aliphatic carboxylic acids is 1. The number of nitrogens with zero attached hydrogens (tertiary/aromatic N) is 1. The summed E-state index contributed by atoms with van der Waals surface area (Å²) in [4.78, 5) is 36.5. The summed E-state index contributed by atoms with van der Waals surface area (Å²) >= 11 is 0. The number of hydrogen-bond donors (Lipinski definition) is 2. The SMILES string of the molecule is C=CCCC(NC(=O)c1ccccc1OCC(=O)N(C)C)C(=O)O. The van der Waals surface area contributed by atoms with Crippen LogP contribution in [0.15, 0.2) is 36.9 Å². The second-order valence-electron chi connectivity index (χ2n) is 5.30. The van der Waals surface area contributed by atoms with Crippen molar-refractivity contribution < 1.29 is 24.2 Å². The monoisotopic (exact) mass is 334 g/mol. The average Bonchev–Trinajstić information content (AvgIpc) is 2.56. The van der Waals surface area contributed by atoms with Crippen molar-refractivity contribution in [2.45, 2.75) is 18.9 Å². The molecule has 0 aliphatic heterocycles. The number of benzene rings is 1. The highest BCUT2D eigenvalue weighted by Gasteiger charge is 2.22. The zero-order valence-electron chi connectivity index (χ0n) is 13.8. The van der Waals surface area contributed by atoms with Gasteiger partial charge in [-0.3, -0.25) is 9.59 Å². The van der Waals surface area contributed by atoms with Gasteiger partial charge in [0.05, 0.1) is 5.56 Å². The van der Waals surface area contributed by atoms with Crippen molar-refractivity contribution in [3.63, 3.8) is 0 Å². The molecular weight excluding hydrogens is 312 g/mol. The molecule has 0 aliphatic carbocycles. The largest absolute Gasteiger partial charge is 0.483 e. The smallest absolute Gasteiger partial charge is 0.326 e. The third-order valence-electron chi connectivity index (χ3n) is 3.24. The lowest BCUT2D eigenvalue weighted by molar-refractivity contribution is -0.139. The number of ether oxygens (including phenoxy) is 1. The van der Waals surface area contributed by atoms with Crippen LogP contribution in [0.25, 0.3) is 0 Å². The first kappa shape index (κ1) is 19.2. The molecule has 1 atom stereocenters. The van der Waals surface area contributed by atoms with E-state index in [1.807, 2.05) is 0 Å². The van der Waals surface area contributed by atoms with Gasteiger partial charge < -0.3 is 20.1 Å². The lowest BCUT2D eigenvalue weighted by atomic mass is 10.1. The van der Waals surface area contributed by atoms with Crippen molar-refractivity contribution in [3.8, 4) is 5.75 Å². The van der Waals surface area contributed by atoms with Crippen LogP contribution < -0.4 is 10.1 Å². The highest BCUT2D eigenvalue weighted by atomic mass is 16.5. The minimum atomic E-state index is -1.12. The third-order valence-corrected chi connectivity index (χ3v) is 3.24. The average molecular weight is 334 g/mol. The van der Waals surface area contributed by atoms with E-state index in [0.29, 0.717) is 6.42 Å². The molecule has 130 valence electrons. The zero-order valence-corrected chi connectivity index (χ0v) is 13.8. The molecule has 0 saturated carbocycles. The lowest BCUT2D eigenvalue weighted by Crippen LogP contribution is -2.40. The fraction of sp³-hybridized carbons (Fsp3) is 0.353. The molecule has 7 heteroatoms. The molecule has 1 rings (SSSR count). The van der Waals surface area contributed by atoms with Crippen LogP contribution in [0.5, 0.6) is 5.75 Å². The molecule has 0 radical (unpaired) electrons. The maximum Gasteiger partial charge on any atom is 0.326 e. The summed E-state index contributed by atoms with van der Waals surface area (Å²) in [5.74, 6) is -1.72. The highest BCUT2D eigenvalue weighted by molar-refractivity contribution is 5.99. The Bertz CT molecular complexity index is 613. The van der Waals surface area contributed by atoms with E-state index in [9.17, 15) is 19.5 Å². The van der Waals surface area contributed by atoms with Gasteiger partial charge >= 0.3 is 5.97 Å². The Hall–Kier alpha value is -2.83. The Morgan fingerprint density at radius 3 is 2.58 bits per heavy atom. The van der Waals surface area contributed by atoms with Gasteiger partial charge in [-0.05, 0) is 25.0 Å². The number of amides is 2. The second kappa shape index (κ2) is 9.34. The molecule has 24 heavy (non-hydrogen) atoms. The van der Waals surface area contributed by atoms with Gasteiger partial charge in [0.15, 0.2) is 6.61 Å². The van der Waals surface area contributed by atoms with Crippen LogP contribution in [-0.4, -0.2) is 54.5 Å². The predicted octanol–water partition coefficient (Wildman–Crippen LogP) is 1.30. The number of carboxylic acids is 1. The molecule has 0 aliphatic rings. The number of allylic oxidation sites excluding steroid dienone is 1. The van der Waals surface area contributed by atoms with Gasteiger partial charge in [0.1, 0.15) is 11.8 Å². The number of para-hydroxylation sites is 1. The minimum Gasteiger partial charge on any atom is -0.483 e. The number of carboxylic acid groups (broad SMARTS) is 1. The third kappa shape index (κ3) is 5.75. The summed E-state index contributed by atoms with van der Waals surface area (Å²) in [5.41, 5.74) is 0.175. The molecule has 0 aromatic heterocycles. The van der Waals surface area contributed by atoms with Crippen molar-refractivity contribution in [3.05, 3.63) is 42.5 Å². The number of carbonyl (C=O) groups is 3. The highest BCUT2D eigenvalue weighted by Crippen LogP contribution is 2.18. The molecule has 2 amide bonds. The predicted molar refractivity (Wildman–Crippen MR) is 89.0 cm³/mol. The van der Waals surface area contributed by atoms with Gasteiger partial charge in [0.2, 0.25) is 0 Å². The Kier molecular flexibility index (Phi) is 7.48. The first-order chi connectivity index (χ1) is 11.4. The van der Waals surface area contributed by atoms with Crippen molar-refractivity contribution >= 4 is 17.8 Å². The Morgan fingerprint density at radius 2 is 2.00 bits per heavy atom. The lowest BCUT2D eigenvalue weighted by Gasteiger charge is -2.16. The summed E-state index contributed by atoms with van der Waals surface area (Å²) in [6, 6.07) is 5.34. The molecule has 0 heterocycles. The van der Waals surface area contributed by atoms with Crippen molar-refractivity contribution in [1.29, 1.82) is 0 Å². The number of rotatable bonds is 9. The maximum atomic E-state index is 12.3. The van der Waals surface area contributed by atoms with Crippen molar-refractivity contribution in [1.82, 2.24) is 10.2 Å². The molecule has 0 fully saturated rings. The summed E-state index contributed by atoms with van der Waals surface area (Å²) < 4.78 is 5.39. The molecular formula is C17H22N2O5. The number of likely N-dealkylation sites (N-methyl/N-ethyl adjacent to an activating group) is 1. The van der Waals surface area contributed by atoms with E-state index in [1.165, 1.54) is 11.0 Å².